The highest BCUT2D eigenvalue weighted by Gasteiger charge is 2.22. The molecule has 0 fully saturated rings. The van der Waals surface area contributed by atoms with E-state index in [1.807, 2.05) is 24.6 Å². The average Bonchev–Trinajstić information content (AvgIpc) is 2.80. The van der Waals surface area contributed by atoms with Gasteiger partial charge in [-0.2, -0.15) is 0 Å². The van der Waals surface area contributed by atoms with Gasteiger partial charge >= 0.3 is 5.97 Å². The van der Waals surface area contributed by atoms with Gasteiger partial charge in [-0.3, -0.25) is 9.59 Å². The Hall–Kier alpha value is -1.56. The van der Waals surface area contributed by atoms with Crippen molar-refractivity contribution in [2.45, 2.75) is 26.8 Å². The fourth-order valence-corrected chi connectivity index (χ4v) is 2.38. The van der Waals surface area contributed by atoms with Gasteiger partial charge in [0.2, 0.25) is 0 Å². The second-order valence-corrected chi connectivity index (χ2v) is 5.74. The van der Waals surface area contributed by atoms with Crippen molar-refractivity contribution in [3.05, 3.63) is 35.1 Å². The minimum absolute atomic E-state index is 0.0837. The maximum absolute atomic E-state index is 12.6. The Balaban J connectivity index is 3.00. The molecular formula is C15H21BrN2O3. The molecule has 6 heteroatoms. The number of amides is 1. The quantitative estimate of drug-likeness (QED) is 0.557. The fourth-order valence-electron chi connectivity index (χ4n) is 1.94. The summed E-state index contributed by atoms with van der Waals surface area (Å²) in [5, 5.41) is 0. The van der Waals surface area contributed by atoms with Gasteiger partial charge < -0.3 is 14.2 Å². The van der Waals surface area contributed by atoms with Crippen molar-refractivity contribution in [2.75, 3.05) is 19.7 Å². The number of hydrogen-bond donors (Lipinski definition) is 0. The van der Waals surface area contributed by atoms with Gasteiger partial charge in [0.05, 0.1) is 6.61 Å². The number of rotatable bonds is 7. The second-order valence-electron chi connectivity index (χ2n) is 4.82. The molecule has 1 heterocycles. The van der Waals surface area contributed by atoms with Crippen LogP contribution in [0.2, 0.25) is 0 Å². The third-order valence-electron chi connectivity index (χ3n) is 2.85. The molecule has 0 aliphatic rings. The molecule has 0 N–H and O–H groups in total. The number of carbonyl (C=O) groups is 2. The van der Waals surface area contributed by atoms with Gasteiger partial charge in [0.1, 0.15) is 12.2 Å². The van der Waals surface area contributed by atoms with Gasteiger partial charge in [-0.1, -0.05) is 6.08 Å². The molecule has 0 bridgehead atoms. The van der Waals surface area contributed by atoms with Crippen LogP contribution in [0.5, 0.6) is 0 Å². The van der Waals surface area contributed by atoms with Crippen LogP contribution in [0.3, 0.4) is 0 Å². The van der Waals surface area contributed by atoms with Crippen LogP contribution >= 0.6 is 15.9 Å². The predicted molar refractivity (Wildman–Crippen MR) is 85.3 cm³/mol. The Labute approximate surface area is 133 Å². The maximum atomic E-state index is 12.6. The topological polar surface area (TPSA) is 51.5 Å². The molecule has 0 saturated carbocycles. The Kier molecular flexibility index (Phi) is 6.68. The van der Waals surface area contributed by atoms with Crippen LogP contribution < -0.4 is 0 Å². The maximum Gasteiger partial charge on any atom is 0.325 e. The largest absolute Gasteiger partial charge is 0.465 e. The summed E-state index contributed by atoms with van der Waals surface area (Å²) in [6.07, 6.45) is 3.45. The van der Waals surface area contributed by atoms with Crippen LogP contribution in [0.25, 0.3) is 0 Å². The highest BCUT2D eigenvalue weighted by atomic mass is 79.9. The van der Waals surface area contributed by atoms with E-state index in [1.54, 1.807) is 19.1 Å². The zero-order chi connectivity index (χ0) is 16.0. The van der Waals surface area contributed by atoms with Gasteiger partial charge in [-0.25, -0.2) is 0 Å². The molecule has 21 heavy (non-hydrogen) atoms. The first-order valence-corrected chi connectivity index (χ1v) is 7.63. The number of carbonyl (C=O) groups excluding carboxylic acids is 2. The molecule has 0 spiro atoms. The van der Waals surface area contributed by atoms with Crippen molar-refractivity contribution in [1.29, 1.82) is 0 Å². The second kappa shape index (κ2) is 8.02. The van der Waals surface area contributed by atoms with Gasteiger partial charge in [-0.05, 0) is 42.8 Å². The van der Waals surface area contributed by atoms with Gasteiger partial charge in [0, 0.05) is 23.3 Å². The van der Waals surface area contributed by atoms with Crippen molar-refractivity contribution in [1.82, 2.24) is 9.47 Å². The van der Waals surface area contributed by atoms with Crippen LogP contribution in [0, 0.1) is 0 Å². The van der Waals surface area contributed by atoms with Crippen molar-refractivity contribution < 1.29 is 14.3 Å². The van der Waals surface area contributed by atoms with Crippen LogP contribution in [0.15, 0.2) is 29.4 Å². The fraction of sp³-hybridized carbons (Fsp3) is 0.467. The molecule has 5 nitrogen and oxygen atoms in total. The molecule has 116 valence electrons. The Morgan fingerprint density at radius 2 is 2.19 bits per heavy atom. The molecule has 0 atom stereocenters. The van der Waals surface area contributed by atoms with E-state index >= 15 is 0 Å². The summed E-state index contributed by atoms with van der Waals surface area (Å²) in [5.41, 5.74) is 0.531. The number of esters is 1. The van der Waals surface area contributed by atoms with E-state index in [0.29, 0.717) is 18.8 Å². The van der Waals surface area contributed by atoms with Crippen LogP contribution in [-0.2, 0) is 9.53 Å². The summed E-state index contributed by atoms with van der Waals surface area (Å²) in [7, 11) is 0. The number of nitrogens with zero attached hydrogens (tertiary/aromatic N) is 2. The monoisotopic (exact) mass is 356 g/mol. The van der Waals surface area contributed by atoms with E-state index in [4.69, 9.17) is 4.74 Å². The van der Waals surface area contributed by atoms with E-state index in [1.165, 1.54) is 4.90 Å². The first-order chi connectivity index (χ1) is 9.90. The third kappa shape index (κ3) is 4.74. The average molecular weight is 357 g/mol. The normalized spacial score (nSPS) is 10.5. The smallest absolute Gasteiger partial charge is 0.325 e. The van der Waals surface area contributed by atoms with Gasteiger partial charge in [0.25, 0.3) is 5.91 Å². The predicted octanol–water partition coefficient (Wildman–Crippen LogP) is 3.02. The van der Waals surface area contributed by atoms with Gasteiger partial charge in [-0.15, -0.1) is 6.58 Å². The van der Waals surface area contributed by atoms with Crippen molar-refractivity contribution in [3.8, 4) is 0 Å². The summed E-state index contributed by atoms with van der Waals surface area (Å²) >= 11 is 3.38. The summed E-state index contributed by atoms with van der Waals surface area (Å²) < 4.78 is 7.60. The van der Waals surface area contributed by atoms with Gasteiger partial charge in [0.15, 0.2) is 0 Å². The Morgan fingerprint density at radius 1 is 1.52 bits per heavy atom. The molecule has 1 aromatic rings. The molecule has 1 rings (SSSR count). The highest BCUT2D eigenvalue weighted by molar-refractivity contribution is 9.10. The van der Waals surface area contributed by atoms with E-state index in [-0.39, 0.29) is 18.5 Å². The van der Waals surface area contributed by atoms with E-state index in [9.17, 15) is 9.59 Å². The molecular weight excluding hydrogens is 336 g/mol. The summed E-state index contributed by atoms with van der Waals surface area (Å²) in [4.78, 5) is 25.7. The van der Waals surface area contributed by atoms with Crippen LogP contribution in [0.1, 0.15) is 37.3 Å². The SMILES string of the molecule is C=CCN(CC(=O)OCC)C(=O)c1cc(Br)cn1C(C)C. The molecule has 1 amide bonds. The lowest BCUT2D eigenvalue weighted by molar-refractivity contribution is -0.143. The molecule has 0 radical (unpaired) electrons. The first kappa shape index (κ1) is 17.5. The zero-order valence-electron chi connectivity index (χ0n) is 12.6. The lowest BCUT2D eigenvalue weighted by atomic mass is 10.3. The number of ether oxygens (including phenoxy) is 1. The number of aromatic nitrogens is 1. The Bertz CT molecular complexity index is 523. The summed E-state index contributed by atoms with van der Waals surface area (Å²) in [6, 6.07) is 1.90. The van der Waals surface area contributed by atoms with Crippen LogP contribution in [-0.4, -0.2) is 41.0 Å². The highest BCUT2D eigenvalue weighted by Crippen LogP contribution is 2.20. The minimum atomic E-state index is -0.422. The molecule has 0 aromatic carbocycles. The number of hydrogen-bond acceptors (Lipinski definition) is 3. The lowest BCUT2D eigenvalue weighted by Gasteiger charge is -2.22. The third-order valence-corrected chi connectivity index (χ3v) is 3.29. The van der Waals surface area contributed by atoms with E-state index < -0.39 is 5.97 Å². The molecule has 0 aliphatic heterocycles. The van der Waals surface area contributed by atoms with Crippen molar-refractivity contribution in [2.24, 2.45) is 0 Å². The van der Waals surface area contributed by atoms with E-state index in [0.717, 1.165) is 4.47 Å². The van der Waals surface area contributed by atoms with Crippen molar-refractivity contribution >= 4 is 27.8 Å². The molecule has 1 aromatic heterocycles. The first-order valence-electron chi connectivity index (χ1n) is 6.83. The summed E-state index contributed by atoms with van der Waals surface area (Å²) in [5.74, 6) is -0.642. The minimum Gasteiger partial charge on any atom is -0.465 e. The zero-order valence-corrected chi connectivity index (χ0v) is 14.2. The Morgan fingerprint density at radius 3 is 2.71 bits per heavy atom. The molecule has 0 saturated heterocycles. The van der Waals surface area contributed by atoms with Crippen LogP contribution in [0.4, 0.5) is 0 Å². The number of halogens is 1. The molecule has 0 unspecified atom stereocenters. The van der Waals surface area contributed by atoms with Crippen molar-refractivity contribution in [3.63, 3.8) is 0 Å². The standard InChI is InChI=1S/C15H21BrN2O3/c1-5-7-17(10-14(19)21-6-2)15(20)13-8-12(16)9-18(13)11(3)4/h5,8-9,11H,1,6-7,10H2,2-4H3. The lowest BCUT2D eigenvalue weighted by Crippen LogP contribution is -2.37. The van der Waals surface area contributed by atoms with E-state index in [2.05, 4.69) is 22.5 Å². The summed E-state index contributed by atoms with van der Waals surface area (Å²) in [6.45, 7) is 9.85. The molecule has 0 aliphatic carbocycles.